The van der Waals surface area contributed by atoms with Gasteiger partial charge >= 0.3 is 0 Å². The number of nitrogens with zero attached hydrogens (tertiary/aromatic N) is 1. The number of hydrogen-bond acceptors (Lipinski definition) is 4. The van der Waals surface area contributed by atoms with Crippen LogP contribution in [0.15, 0.2) is 17.0 Å². The minimum Gasteiger partial charge on any atom is -0.398 e. The smallest absolute Gasteiger partial charge is 0.245 e. The van der Waals surface area contributed by atoms with E-state index in [0.717, 1.165) is 17.5 Å². The van der Waals surface area contributed by atoms with Crippen molar-refractivity contribution in [2.24, 2.45) is 0 Å². The molecular formula is C15H26N2O3S. The lowest BCUT2D eigenvalue weighted by Crippen LogP contribution is -2.40. The number of rotatable bonds is 7. The summed E-state index contributed by atoms with van der Waals surface area (Å²) in [5.74, 6) is 0. The topological polar surface area (TPSA) is 72.6 Å². The molecule has 0 fully saturated rings. The number of nitrogen functional groups attached to an aromatic ring is 1. The molecule has 1 rings (SSSR count). The van der Waals surface area contributed by atoms with Gasteiger partial charge in [0.15, 0.2) is 0 Å². The number of sulfonamides is 1. The SMILES string of the molecule is CCC(C)N(CCOC)S(=O)(=O)c1cc(C)c(C)cc1N. The Morgan fingerprint density at radius 3 is 2.38 bits per heavy atom. The number of hydrogen-bond donors (Lipinski definition) is 1. The molecular weight excluding hydrogens is 288 g/mol. The van der Waals surface area contributed by atoms with Gasteiger partial charge in [0.1, 0.15) is 4.90 Å². The van der Waals surface area contributed by atoms with Crippen molar-refractivity contribution in [1.29, 1.82) is 0 Å². The Morgan fingerprint density at radius 2 is 1.86 bits per heavy atom. The number of ether oxygens (including phenoxy) is 1. The summed E-state index contributed by atoms with van der Waals surface area (Å²) in [6.45, 7) is 8.33. The first kappa shape index (κ1) is 17.9. The lowest BCUT2D eigenvalue weighted by Gasteiger charge is -2.28. The van der Waals surface area contributed by atoms with Crippen LogP contribution in [0.5, 0.6) is 0 Å². The molecule has 21 heavy (non-hydrogen) atoms. The second-order valence-electron chi connectivity index (χ2n) is 5.34. The fourth-order valence-corrected chi connectivity index (χ4v) is 4.00. The van der Waals surface area contributed by atoms with Gasteiger partial charge in [0.25, 0.3) is 0 Å². The van der Waals surface area contributed by atoms with Crippen molar-refractivity contribution in [3.8, 4) is 0 Å². The molecule has 5 nitrogen and oxygen atoms in total. The summed E-state index contributed by atoms with van der Waals surface area (Å²) in [7, 11) is -2.06. The first-order valence-electron chi connectivity index (χ1n) is 7.13. The van der Waals surface area contributed by atoms with Crippen LogP contribution in [0.1, 0.15) is 31.4 Å². The van der Waals surface area contributed by atoms with Crippen LogP contribution in [-0.4, -0.2) is 39.0 Å². The molecule has 6 heteroatoms. The minimum atomic E-state index is -3.63. The quantitative estimate of drug-likeness (QED) is 0.784. The zero-order chi connectivity index (χ0) is 16.2. The van der Waals surface area contributed by atoms with Crippen LogP contribution in [0.3, 0.4) is 0 Å². The lowest BCUT2D eigenvalue weighted by molar-refractivity contribution is 0.167. The van der Waals surface area contributed by atoms with Crippen LogP contribution < -0.4 is 5.73 Å². The molecule has 0 amide bonds. The van der Waals surface area contributed by atoms with Crippen LogP contribution >= 0.6 is 0 Å². The second kappa shape index (κ2) is 7.24. The molecule has 120 valence electrons. The van der Waals surface area contributed by atoms with Gasteiger partial charge in [0.05, 0.1) is 12.3 Å². The van der Waals surface area contributed by atoms with E-state index >= 15 is 0 Å². The largest absolute Gasteiger partial charge is 0.398 e. The Bertz CT molecular complexity index is 585. The molecule has 0 bridgehead atoms. The summed E-state index contributed by atoms with van der Waals surface area (Å²) in [5, 5.41) is 0. The molecule has 0 radical (unpaired) electrons. The van der Waals surface area contributed by atoms with E-state index in [-0.39, 0.29) is 10.9 Å². The predicted molar refractivity (Wildman–Crippen MR) is 85.8 cm³/mol. The van der Waals surface area contributed by atoms with Crippen LogP contribution in [0.25, 0.3) is 0 Å². The fraction of sp³-hybridized carbons (Fsp3) is 0.600. The van der Waals surface area contributed by atoms with Crippen LogP contribution in [0, 0.1) is 13.8 Å². The summed E-state index contributed by atoms with van der Waals surface area (Å²) < 4.78 is 32.3. The van der Waals surface area contributed by atoms with Gasteiger partial charge in [-0.25, -0.2) is 8.42 Å². The Kier molecular flexibility index (Phi) is 6.19. The Balaban J connectivity index is 3.31. The Labute approximate surface area is 128 Å². The number of methoxy groups -OCH3 is 1. The third-order valence-corrected chi connectivity index (χ3v) is 5.88. The summed E-state index contributed by atoms with van der Waals surface area (Å²) >= 11 is 0. The molecule has 0 heterocycles. The first-order valence-corrected chi connectivity index (χ1v) is 8.57. The van der Waals surface area contributed by atoms with Crippen molar-refractivity contribution >= 4 is 15.7 Å². The van der Waals surface area contributed by atoms with E-state index in [1.807, 2.05) is 27.7 Å². The molecule has 0 saturated heterocycles. The van der Waals surface area contributed by atoms with Crippen LogP contribution in [0.2, 0.25) is 0 Å². The summed E-state index contributed by atoms with van der Waals surface area (Å²) in [4.78, 5) is 0.182. The van der Waals surface area contributed by atoms with E-state index in [0.29, 0.717) is 18.8 Å². The average molecular weight is 314 g/mol. The number of benzene rings is 1. The number of nitrogens with two attached hydrogens (primary N) is 1. The highest BCUT2D eigenvalue weighted by atomic mass is 32.2. The molecule has 1 unspecified atom stereocenters. The predicted octanol–water partition coefficient (Wildman–Crippen LogP) is 2.32. The van der Waals surface area contributed by atoms with Crippen LogP contribution in [0.4, 0.5) is 5.69 Å². The summed E-state index contributed by atoms with van der Waals surface area (Å²) in [5.41, 5.74) is 8.14. The molecule has 2 N–H and O–H groups in total. The molecule has 0 aliphatic carbocycles. The van der Waals surface area contributed by atoms with Gasteiger partial charge in [0.2, 0.25) is 10.0 Å². The van der Waals surface area contributed by atoms with Crippen molar-refractivity contribution < 1.29 is 13.2 Å². The van der Waals surface area contributed by atoms with Crippen molar-refractivity contribution in [3.05, 3.63) is 23.3 Å². The van der Waals surface area contributed by atoms with Crippen molar-refractivity contribution in [2.75, 3.05) is 26.0 Å². The molecule has 0 aliphatic heterocycles. The van der Waals surface area contributed by atoms with Gasteiger partial charge in [0, 0.05) is 19.7 Å². The highest BCUT2D eigenvalue weighted by molar-refractivity contribution is 7.89. The van der Waals surface area contributed by atoms with E-state index in [2.05, 4.69) is 0 Å². The van der Waals surface area contributed by atoms with E-state index in [9.17, 15) is 8.42 Å². The second-order valence-corrected chi connectivity index (χ2v) is 7.20. The molecule has 0 saturated carbocycles. The molecule has 1 aromatic rings. The van der Waals surface area contributed by atoms with Gasteiger partial charge in [-0.1, -0.05) is 6.92 Å². The molecule has 1 atom stereocenters. The van der Waals surface area contributed by atoms with E-state index in [1.165, 1.54) is 4.31 Å². The van der Waals surface area contributed by atoms with Crippen LogP contribution in [-0.2, 0) is 14.8 Å². The average Bonchev–Trinajstić information content (AvgIpc) is 2.42. The maximum absolute atomic E-state index is 12.9. The summed E-state index contributed by atoms with van der Waals surface area (Å²) in [6.07, 6.45) is 0.730. The lowest BCUT2D eigenvalue weighted by atomic mass is 10.1. The monoisotopic (exact) mass is 314 g/mol. The zero-order valence-corrected chi connectivity index (χ0v) is 14.3. The minimum absolute atomic E-state index is 0.105. The molecule has 0 spiro atoms. The zero-order valence-electron chi connectivity index (χ0n) is 13.5. The van der Waals surface area contributed by atoms with Gasteiger partial charge in [-0.05, 0) is 50.5 Å². The first-order chi connectivity index (χ1) is 9.75. The highest BCUT2D eigenvalue weighted by Gasteiger charge is 2.30. The van der Waals surface area contributed by atoms with E-state index in [4.69, 9.17) is 10.5 Å². The van der Waals surface area contributed by atoms with Crippen molar-refractivity contribution in [1.82, 2.24) is 4.31 Å². The van der Waals surface area contributed by atoms with Gasteiger partial charge in [-0.2, -0.15) is 4.31 Å². The molecule has 0 aromatic heterocycles. The van der Waals surface area contributed by atoms with Crippen molar-refractivity contribution in [3.63, 3.8) is 0 Å². The standard InChI is InChI=1S/C15H26N2O3S/c1-6-13(4)17(7-8-20-5)21(18,19)15-10-12(3)11(2)9-14(15)16/h9-10,13H,6-8,16H2,1-5H3. The molecule has 0 aliphatic rings. The maximum Gasteiger partial charge on any atom is 0.245 e. The van der Waals surface area contributed by atoms with Crippen molar-refractivity contribution in [2.45, 2.75) is 45.1 Å². The third-order valence-electron chi connectivity index (χ3n) is 3.81. The third kappa shape index (κ3) is 3.96. The maximum atomic E-state index is 12.9. The van der Waals surface area contributed by atoms with Gasteiger partial charge in [-0.15, -0.1) is 0 Å². The van der Waals surface area contributed by atoms with E-state index < -0.39 is 10.0 Å². The Morgan fingerprint density at radius 1 is 1.29 bits per heavy atom. The summed E-state index contributed by atoms with van der Waals surface area (Å²) in [6, 6.07) is 3.27. The Hall–Kier alpha value is -1.11. The molecule has 1 aromatic carbocycles. The number of anilines is 1. The fourth-order valence-electron chi connectivity index (χ4n) is 2.12. The van der Waals surface area contributed by atoms with Gasteiger partial charge < -0.3 is 10.5 Å². The van der Waals surface area contributed by atoms with Gasteiger partial charge in [-0.3, -0.25) is 0 Å². The normalized spacial score (nSPS) is 13.6. The number of aryl methyl sites for hydroxylation is 2. The highest BCUT2D eigenvalue weighted by Crippen LogP contribution is 2.27. The van der Waals surface area contributed by atoms with E-state index in [1.54, 1.807) is 19.2 Å².